The van der Waals surface area contributed by atoms with Crippen molar-refractivity contribution in [3.8, 4) is 0 Å². The third-order valence-corrected chi connectivity index (χ3v) is 5.35. The summed E-state index contributed by atoms with van der Waals surface area (Å²) in [6, 6.07) is 6.70. The summed E-state index contributed by atoms with van der Waals surface area (Å²) >= 11 is 3.31. The fourth-order valence-electron chi connectivity index (χ4n) is 1.62. The summed E-state index contributed by atoms with van der Waals surface area (Å²) in [6.07, 6.45) is 0. The average Bonchev–Trinajstić information content (AvgIpc) is 2.36. The lowest BCUT2D eigenvalue weighted by molar-refractivity contribution is 0.0756. The molecule has 0 aromatic heterocycles. The van der Waals surface area contributed by atoms with Gasteiger partial charge in [0.05, 0.1) is 5.75 Å². The second-order valence-corrected chi connectivity index (χ2v) is 7.79. The van der Waals surface area contributed by atoms with Gasteiger partial charge in [-0.2, -0.15) is 0 Å². The van der Waals surface area contributed by atoms with Crippen molar-refractivity contribution in [3.63, 3.8) is 0 Å². The van der Waals surface area contributed by atoms with E-state index in [0.717, 1.165) is 4.47 Å². The first-order chi connectivity index (χ1) is 8.76. The van der Waals surface area contributed by atoms with Crippen molar-refractivity contribution in [2.75, 3.05) is 18.6 Å². The van der Waals surface area contributed by atoms with Crippen LogP contribution in [0, 0.1) is 0 Å². The summed E-state index contributed by atoms with van der Waals surface area (Å²) in [5, 5.41) is 0. The zero-order valence-electron chi connectivity index (χ0n) is 11.3. The molecule has 0 heterocycles. The Morgan fingerprint density at radius 3 is 2.58 bits per heavy atom. The fourth-order valence-corrected chi connectivity index (χ4v) is 3.22. The van der Waals surface area contributed by atoms with Crippen LogP contribution in [-0.2, 0) is 9.84 Å². The number of hydrogen-bond donors (Lipinski definition) is 0. The number of nitrogens with zero attached hydrogens (tertiary/aromatic N) is 1. The van der Waals surface area contributed by atoms with Gasteiger partial charge in [-0.3, -0.25) is 4.79 Å². The van der Waals surface area contributed by atoms with Gasteiger partial charge >= 0.3 is 0 Å². The molecule has 1 aromatic rings. The number of hydrogen-bond acceptors (Lipinski definition) is 3. The van der Waals surface area contributed by atoms with Gasteiger partial charge in [0.15, 0.2) is 9.84 Å². The van der Waals surface area contributed by atoms with Crippen LogP contribution in [0.2, 0.25) is 0 Å². The quantitative estimate of drug-likeness (QED) is 0.821. The minimum atomic E-state index is -3.09. The summed E-state index contributed by atoms with van der Waals surface area (Å²) in [6.45, 7) is 3.35. The van der Waals surface area contributed by atoms with Crippen molar-refractivity contribution in [2.24, 2.45) is 0 Å². The molecule has 0 radical (unpaired) electrons. The van der Waals surface area contributed by atoms with Gasteiger partial charge < -0.3 is 4.90 Å². The summed E-state index contributed by atoms with van der Waals surface area (Å²) in [4.78, 5) is 13.7. The first kappa shape index (κ1) is 16.2. The Hall–Kier alpha value is -0.880. The van der Waals surface area contributed by atoms with E-state index in [9.17, 15) is 13.2 Å². The van der Waals surface area contributed by atoms with Crippen molar-refractivity contribution in [3.05, 3.63) is 34.3 Å². The lowest BCUT2D eigenvalue weighted by atomic mass is 10.2. The molecular weight excluding hydrogens is 330 g/mol. The first-order valence-electron chi connectivity index (χ1n) is 6.00. The molecule has 0 saturated carbocycles. The number of amides is 1. The number of halogens is 1. The van der Waals surface area contributed by atoms with Crippen LogP contribution >= 0.6 is 15.9 Å². The Kier molecular flexibility index (Phi) is 5.55. The molecule has 0 N–H and O–H groups in total. The Labute approximate surface area is 122 Å². The molecule has 0 aliphatic rings. The number of carbonyl (C=O) groups is 1. The molecule has 0 saturated heterocycles. The highest BCUT2D eigenvalue weighted by molar-refractivity contribution is 9.10. The third kappa shape index (κ3) is 4.62. The maximum atomic E-state index is 12.2. The van der Waals surface area contributed by atoms with Gasteiger partial charge in [0.2, 0.25) is 0 Å². The smallest absolute Gasteiger partial charge is 0.253 e. The Bertz CT molecular complexity index is 557. The summed E-state index contributed by atoms with van der Waals surface area (Å²) in [5.41, 5.74) is 0.539. The molecule has 0 spiro atoms. The Balaban J connectivity index is 2.83. The van der Waals surface area contributed by atoms with Crippen LogP contribution in [-0.4, -0.2) is 43.8 Å². The molecule has 1 atom stereocenters. The van der Waals surface area contributed by atoms with Crippen LogP contribution in [0.25, 0.3) is 0 Å². The molecule has 1 aromatic carbocycles. The number of rotatable bonds is 5. The Morgan fingerprint density at radius 2 is 2.05 bits per heavy atom. The number of benzene rings is 1. The third-order valence-electron chi connectivity index (χ3n) is 2.99. The zero-order valence-corrected chi connectivity index (χ0v) is 13.7. The van der Waals surface area contributed by atoms with Gasteiger partial charge in [-0.15, -0.1) is 0 Å². The largest absolute Gasteiger partial charge is 0.338 e. The molecule has 0 aliphatic carbocycles. The molecule has 19 heavy (non-hydrogen) atoms. The molecule has 0 fully saturated rings. The Morgan fingerprint density at radius 1 is 1.42 bits per heavy atom. The number of carbonyl (C=O) groups excluding carboxylic acids is 1. The fraction of sp³-hybridized carbons (Fsp3) is 0.462. The van der Waals surface area contributed by atoms with Crippen LogP contribution in [0.5, 0.6) is 0 Å². The molecular formula is C13H18BrNO3S. The lowest BCUT2D eigenvalue weighted by Crippen LogP contribution is -2.39. The minimum absolute atomic E-state index is 0.0141. The second-order valence-electron chi connectivity index (χ2n) is 4.47. The van der Waals surface area contributed by atoms with E-state index in [2.05, 4.69) is 15.9 Å². The van der Waals surface area contributed by atoms with E-state index >= 15 is 0 Å². The van der Waals surface area contributed by atoms with Gasteiger partial charge in [0, 0.05) is 28.9 Å². The van der Waals surface area contributed by atoms with E-state index in [1.807, 2.05) is 6.07 Å². The molecule has 4 nitrogen and oxygen atoms in total. The van der Waals surface area contributed by atoms with Crippen LogP contribution in [0.15, 0.2) is 28.7 Å². The second kappa shape index (κ2) is 6.52. The average molecular weight is 348 g/mol. The molecule has 0 aliphatic heterocycles. The van der Waals surface area contributed by atoms with E-state index in [4.69, 9.17) is 0 Å². The maximum absolute atomic E-state index is 12.2. The van der Waals surface area contributed by atoms with E-state index in [0.29, 0.717) is 5.56 Å². The van der Waals surface area contributed by atoms with Crippen LogP contribution < -0.4 is 0 Å². The van der Waals surface area contributed by atoms with Crippen molar-refractivity contribution < 1.29 is 13.2 Å². The topological polar surface area (TPSA) is 54.5 Å². The number of sulfone groups is 1. The van der Waals surface area contributed by atoms with Crippen molar-refractivity contribution >= 4 is 31.7 Å². The molecule has 1 unspecified atom stereocenters. The van der Waals surface area contributed by atoms with E-state index in [-0.39, 0.29) is 23.5 Å². The highest BCUT2D eigenvalue weighted by atomic mass is 79.9. The maximum Gasteiger partial charge on any atom is 0.253 e. The highest BCUT2D eigenvalue weighted by Gasteiger charge is 2.22. The summed E-state index contributed by atoms with van der Waals surface area (Å²) in [5.74, 6) is -0.101. The van der Waals surface area contributed by atoms with Gasteiger partial charge in [0.1, 0.15) is 0 Å². The molecule has 6 heteroatoms. The SMILES string of the molecule is CCS(=O)(=O)CC(C)N(C)C(=O)c1cccc(Br)c1. The van der Waals surface area contributed by atoms with Crippen LogP contribution in [0.4, 0.5) is 0 Å². The van der Waals surface area contributed by atoms with E-state index in [1.165, 1.54) is 4.90 Å². The van der Waals surface area contributed by atoms with Crippen LogP contribution in [0.3, 0.4) is 0 Å². The highest BCUT2D eigenvalue weighted by Crippen LogP contribution is 2.14. The summed E-state index contributed by atoms with van der Waals surface area (Å²) in [7, 11) is -1.47. The van der Waals surface area contributed by atoms with Gasteiger partial charge in [0.25, 0.3) is 5.91 Å². The summed E-state index contributed by atoms with van der Waals surface area (Å²) < 4.78 is 24.0. The molecule has 1 rings (SSSR count). The van der Waals surface area contributed by atoms with Crippen molar-refractivity contribution in [1.29, 1.82) is 0 Å². The lowest BCUT2D eigenvalue weighted by Gasteiger charge is -2.24. The van der Waals surface area contributed by atoms with Gasteiger partial charge in [-0.1, -0.05) is 28.9 Å². The van der Waals surface area contributed by atoms with E-state index < -0.39 is 9.84 Å². The standard InChI is InChI=1S/C13H18BrNO3S/c1-4-19(17,18)9-10(2)15(3)13(16)11-6-5-7-12(14)8-11/h5-8,10H,4,9H2,1-3H3. The predicted molar refractivity (Wildman–Crippen MR) is 80.0 cm³/mol. The zero-order chi connectivity index (χ0) is 14.6. The first-order valence-corrected chi connectivity index (χ1v) is 8.61. The van der Waals surface area contributed by atoms with Crippen molar-refractivity contribution in [1.82, 2.24) is 4.90 Å². The predicted octanol–water partition coefficient (Wildman–Crippen LogP) is 2.34. The van der Waals surface area contributed by atoms with Crippen molar-refractivity contribution in [2.45, 2.75) is 19.9 Å². The van der Waals surface area contributed by atoms with Crippen LogP contribution in [0.1, 0.15) is 24.2 Å². The molecule has 106 valence electrons. The normalized spacial score (nSPS) is 13.1. The van der Waals surface area contributed by atoms with E-state index in [1.54, 1.807) is 39.1 Å². The van der Waals surface area contributed by atoms with Gasteiger partial charge in [-0.05, 0) is 25.1 Å². The minimum Gasteiger partial charge on any atom is -0.338 e. The monoisotopic (exact) mass is 347 g/mol. The molecule has 1 amide bonds. The van der Waals surface area contributed by atoms with Gasteiger partial charge in [-0.25, -0.2) is 8.42 Å². The molecule has 0 bridgehead atoms.